The zero-order valence-electron chi connectivity index (χ0n) is 19.8. The minimum Gasteiger partial charge on any atom is -0.507 e. The number of aryl methyl sites for hydroxylation is 2. The summed E-state index contributed by atoms with van der Waals surface area (Å²) in [6.45, 7) is 9.04. The number of ketones is 1. The molecule has 174 valence electrons. The van der Waals surface area contributed by atoms with Crippen molar-refractivity contribution in [1.29, 1.82) is 0 Å². The number of Topliss-reactive ketones (excluding diaryl/α,β-unsaturated/α-hetero) is 1. The Bertz CT molecular complexity index is 1070. The second-order valence-corrected chi connectivity index (χ2v) is 8.64. The van der Waals surface area contributed by atoms with Gasteiger partial charge in [-0.05, 0) is 70.2 Å². The van der Waals surface area contributed by atoms with Gasteiger partial charge in [-0.1, -0.05) is 42.5 Å². The van der Waals surface area contributed by atoms with E-state index in [1.165, 1.54) is 0 Å². The normalized spacial score (nSPS) is 17.6. The van der Waals surface area contributed by atoms with Crippen LogP contribution in [0.1, 0.15) is 34.7 Å². The number of hydrogen-bond acceptors (Lipinski definition) is 5. The first kappa shape index (κ1) is 24.3. The summed E-state index contributed by atoms with van der Waals surface area (Å²) in [6.07, 6.45) is 2.37. The lowest BCUT2D eigenvalue weighted by atomic mass is 9.93. The van der Waals surface area contributed by atoms with E-state index in [0.29, 0.717) is 24.5 Å². The maximum Gasteiger partial charge on any atom is 0.295 e. The fourth-order valence-corrected chi connectivity index (χ4v) is 4.06. The van der Waals surface area contributed by atoms with Gasteiger partial charge in [-0.15, -0.1) is 0 Å². The van der Waals surface area contributed by atoms with Crippen molar-refractivity contribution < 1.29 is 19.4 Å². The van der Waals surface area contributed by atoms with Gasteiger partial charge in [0, 0.05) is 12.1 Å². The third-order valence-corrected chi connectivity index (χ3v) is 5.76. The molecule has 1 fully saturated rings. The fourth-order valence-electron chi connectivity index (χ4n) is 4.06. The van der Waals surface area contributed by atoms with E-state index in [-0.39, 0.29) is 11.3 Å². The third kappa shape index (κ3) is 5.34. The van der Waals surface area contributed by atoms with Crippen LogP contribution < -0.4 is 4.74 Å². The molecule has 0 saturated carbocycles. The zero-order valence-corrected chi connectivity index (χ0v) is 19.8. The lowest BCUT2D eigenvalue weighted by Gasteiger charge is -2.26. The second kappa shape index (κ2) is 10.5. The highest BCUT2D eigenvalue weighted by molar-refractivity contribution is 6.46. The van der Waals surface area contributed by atoms with Crippen molar-refractivity contribution >= 4 is 17.4 Å². The van der Waals surface area contributed by atoms with Crippen molar-refractivity contribution in [3.05, 3.63) is 82.9 Å². The largest absolute Gasteiger partial charge is 0.507 e. The van der Waals surface area contributed by atoms with Crippen LogP contribution in [0.25, 0.3) is 5.76 Å². The molecule has 0 bridgehead atoms. The number of ether oxygens (including phenoxy) is 1. The van der Waals surface area contributed by atoms with Crippen LogP contribution in [0.2, 0.25) is 0 Å². The van der Waals surface area contributed by atoms with Gasteiger partial charge in [0.05, 0.1) is 11.6 Å². The molecule has 0 unspecified atom stereocenters. The average Bonchev–Trinajstić information content (AvgIpc) is 3.02. The monoisotopic (exact) mass is 448 g/mol. The van der Waals surface area contributed by atoms with Crippen LogP contribution in [0.4, 0.5) is 0 Å². The first-order chi connectivity index (χ1) is 15.7. The van der Waals surface area contributed by atoms with Gasteiger partial charge in [-0.3, -0.25) is 9.59 Å². The average molecular weight is 449 g/mol. The van der Waals surface area contributed by atoms with Crippen LogP contribution in [-0.4, -0.2) is 60.4 Å². The van der Waals surface area contributed by atoms with Crippen LogP contribution in [0.5, 0.6) is 5.75 Å². The molecule has 33 heavy (non-hydrogen) atoms. The Labute approximate surface area is 195 Å². The molecule has 1 saturated heterocycles. The third-order valence-electron chi connectivity index (χ3n) is 5.76. The van der Waals surface area contributed by atoms with E-state index in [1.54, 1.807) is 29.2 Å². The molecular weight excluding hydrogens is 416 g/mol. The van der Waals surface area contributed by atoms with E-state index in [4.69, 9.17) is 4.74 Å². The number of aliphatic hydroxyl groups is 1. The highest BCUT2D eigenvalue weighted by Crippen LogP contribution is 2.40. The molecule has 2 aromatic rings. The van der Waals surface area contributed by atoms with Crippen molar-refractivity contribution in [2.75, 3.05) is 33.8 Å². The molecule has 0 radical (unpaired) electrons. The Morgan fingerprint density at radius 2 is 1.85 bits per heavy atom. The number of benzene rings is 2. The summed E-state index contributed by atoms with van der Waals surface area (Å²) in [4.78, 5) is 29.8. The Morgan fingerprint density at radius 1 is 1.15 bits per heavy atom. The number of likely N-dealkylation sites (tertiary alicyclic amines) is 1. The highest BCUT2D eigenvalue weighted by Gasteiger charge is 2.45. The molecule has 1 N–H and O–H groups in total. The standard InChI is InChI=1S/C27H32N2O4/c1-6-16-33-21-12-13-22(19(3)17-21)25(30)23-24(20-10-8-18(2)9-11-20)29(27(32)26(23)31)15-7-14-28(4)5/h6,8-13,17,24,30H,1,7,14-16H2,2-5H3/t24-/m1/s1. The van der Waals surface area contributed by atoms with E-state index < -0.39 is 17.7 Å². The van der Waals surface area contributed by atoms with E-state index in [0.717, 1.165) is 29.7 Å². The molecule has 6 nitrogen and oxygen atoms in total. The lowest BCUT2D eigenvalue weighted by Crippen LogP contribution is -2.32. The number of amides is 1. The minimum absolute atomic E-state index is 0.122. The number of rotatable bonds is 9. The molecule has 1 amide bonds. The van der Waals surface area contributed by atoms with Gasteiger partial charge in [0.25, 0.3) is 11.7 Å². The van der Waals surface area contributed by atoms with Crippen molar-refractivity contribution in [2.24, 2.45) is 0 Å². The highest BCUT2D eigenvalue weighted by atomic mass is 16.5. The molecule has 3 rings (SSSR count). The van der Waals surface area contributed by atoms with Crippen LogP contribution in [0.3, 0.4) is 0 Å². The van der Waals surface area contributed by atoms with Gasteiger partial charge in [-0.25, -0.2) is 0 Å². The SMILES string of the molecule is C=CCOc1ccc(C(O)=C2C(=O)C(=O)N(CCCN(C)C)[C@@H]2c2ccc(C)cc2)c(C)c1. The zero-order chi connectivity index (χ0) is 24.1. The number of aliphatic hydroxyl groups excluding tert-OH is 1. The first-order valence-corrected chi connectivity index (χ1v) is 11.1. The summed E-state index contributed by atoms with van der Waals surface area (Å²) in [5.74, 6) is -0.760. The number of carbonyl (C=O) groups excluding carboxylic acids is 2. The predicted octanol–water partition coefficient (Wildman–Crippen LogP) is 4.24. The molecule has 1 atom stereocenters. The van der Waals surface area contributed by atoms with E-state index >= 15 is 0 Å². The quantitative estimate of drug-likeness (QED) is 0.269. The molecule has 0 aromatic heterocycles. The molecule has 2 aromatic carbocycles. The van der Waals surface area contributed by atoms with Crippen LogP contribution in [0, 0.1) is 13.8 Å². The Kier molecular flexibility index (Phi) is 7.71. The Hall–Kier alpha value is -3.38. The minimum atomic E-state index is -0.658. The summed E-state index contributed by atoms with van der Waals surface area (Å²) in [5, 5.41) is 11.3. The Morgan fingerprint density at radius 3 is 2.45 bits per heavy atom. The van der Waals surface area contributed by atoms with Crippen molar-refractivity contribution in [2.45, 2.75) is 26.3 Å². The molecule has 1 aliphatic heterocycles. The van der Waals surface area contributed by atoms with Gasteiger partial charge in [0.1, 0.15) is 18.1 Å². The summed E-state index contributed by atoms with van der Waals surface area (Å²) in [6, 6.07) is 12.3. The van der Waals surface area contributed by atoms with Crippen molar-refractivity contribution in [3.63, 3.8) is 0 Å². The van der Waals surface area contributed by atoms with Gasteiger partial charge >= 0.3 is 0 Å². The van der Waals surface area contributed by atoms with E-state index in [9.17, 15) is 14.7 Å². The fraction of sp³-hybridized carbons (Fsp3) is 0.333. The van der Waals surface area contributed by atoms with Gasteiger partial charge in [0.15, 0.2) is 0 Å². The van der Waals surface area contributed by atoms with Crippen molar-refractivity contribution in [3.8, 4) is 5.75 Å². The van der Waals surface area contributed by atoms with Gasteiger partial charge in [0.2, 0.25) is 0 Å². The predicted molar refractivity (Wildman–Crippen MR) is 130 cm³/mol. The van der Waals surface area contributed by atoms with E-state index in [1.807, 2.05) is 57.1 Å². The molecule has 1 aliphatic rings. The molecular formula is C27H32N2O4. The number of nitrogens with zero attached hydrogens (tertiary/aromatic N) is 2. The smallest absolute Gasteiger partial charge is 0.295 e. The van der Waals surface area contributed by atoms with Crippen LogP contribution in [-0.2, 0) is 9.59 Å². The molecule has 1 heterocycles. The number of hydrogen-bond donors (Lipinski definition) is 1. The molecule has 0 spiro atoms. The van der Waals surface area contributed by atoms with Crippen LogP contribution >= 0.6 is 0 Å². The Balaban J connectivity index is 2.07. The summed E-state index contributed by atoms with van der Waals surface area (Å²) in [5.41, 5.74) is 3.25. The summed E-state index contributed by atoms with van der Waals surface area (Å²) in [7, 11) is 3.94. The van der Waals surface area contributed by atoms with Crippen molar-refractivity contribution in [1.82, 2.24) is 9.80 Å². The second-order valence-electron chi connectivity index (χ2n) is 8.64. The topological polar surface area (TPSA) is 70.1 Å². The van der Waals surface area contributed by atoms with E-state index in [2.05, 4.69) is 6.58 Å². The van der Waals surface area contributed by atoms with Gasteiger partial charge < -0.3 is 19.6 Å². The lowest BCUT2D eigenvalue weighted by molar-refractivity contribution is -0.139. The maximum absolute atomic E-state index is 13.1. The summed E-state index contributed by atoms with van der Waals surface area (Å²) < 4.78 is 5.57. The first-order valence-electron chi connectivity index (χ1n) is 11.1. The van der Waals surface area contributed by atoms with Gasteiger partial charge in [-0.2, -0.15) is 0 Å². The maximum atomic E-state index is 13.1. The molecule has 0 aliphatic carbocycles. The summed E-state index contributed by atoms with van der Waals surface area (Å²) >= 11 is 0. The van der Waals surface area contributed by atoms with Crippen LogP contribution in [0.15, 0.2) is 60.7 Å². The number of carbonyl (C=O) groups is 2. The molecule has 6 heteroatoms.